The van der Waals surface area contributed by atoms with Gasteiger partial charge in [-0.25, -0.2) is 17.9 Å². The number of methoxy groups -OCH3 is 1. The first-order chi connectivity index (χ1) is 14.5. The summed E-state index contributed by atoms with van der Waals surface area (Å²) in [5.74, 6) is 0.743. The highest BCUT2D eigenvalue weighted by atomic mass is 32.2. The zero-order chi connectivity index (χ0) is 20.9. The number of nitrogens with zero attached hydrogens (tertiary/aromatic N) is 3. The lowest BCUT2D eigenvalue weighted by Gasteiger charge is -2.26. The highest BCUT2D eigenvalue weighted by Crippen LogP contribution is 2.26. The molecule has 0 radical (unpaired) electrons. The third-order valence-electron chi connectivity index (χ3n) is 5.22. The Morgan fingerprint density at radius 1 is 1.20 bits per heavy atom. The largest absolute Gasteiger partial charge is 0.497 e. The highest BCUT2D eigenvalue weighted by Gasteiger charge is 2.31. The molecule has 1 aromatic carbocycles. The Kier molecular flexibility index (Phi) is 4.49. The van der Waals surface area contributed by atoms with Gasteiger partial charge in [0.15, 0.2) is 5.65 Å². The van der Waals surface area contributed by atoms with Gasteiger partial charge in [-0.1, -0.05) is 6.07 Å². The second kappa shape index (κ2) is 7.08. The zero-order valence-electron chi connectivity index (χ0n) is 16.0. The Hall–Kier alpha value is -2.95. The van der Waals surface area contributed by atoms with E-state index in [2.05, 4.69) is 10.1 Å². The molecule has 0 bridgehead atoms. The fourth-order valence-electron chi connectivity index (χ4n) is 3.62. The summed E-state index contributed by atoms with van der Waals surface area (Å²) in [7, 11) is -2.02. The third-order valence-corrected chi connectivity index (χ3v) is 8.43. The number of benzene rings is 1. The van der Waals surface area contributed by atoms with E-state index in [1.54, 1.807) is 24.6 Å². The monoisotopic (exact) mass is 442 g/mol. The summed E-state index contributed by atoms with van der Waals surface area (Å²) in [6.07, 6.45) is 0.398. The first-order valence-corrected chi connectivity index (χ1v) is 11.6. The maximum atomic E-state index is 13.1. The van der Waals surface area contributed by atoms with E-state index in [-0.39, 0.29) is 16.3 Å². The lowest BCUT2D eigenvalue weighted by molar-refractivity contribution is 0.386. The van der Waals surface area contributed by atoms with Gasteiger partial charge in [0.1, 0.15) is 9.96 Å². The molecule has 0 amide bonds. The van der Waals surface area contributed by atoms with Crippen molar-refractivity contribution in [1.29, 1.82) is 0 Å². The summed E-state index contributed by atoms with van der Waals surface area (Å²) >= 11 is 1.17. The number of sulfonamides is 1. The number of fused-ring (bicyclic) bond motifs is 2. The number of aromatic nitrogens is 3. The molecule has 5 rings (SSSR count). The molecule has 1 aliphatic heterocycles. The molecule has 1 N–H and O–H groups in total. The minimum atomic E-state index is -3.62. The van der Waals surface area contributed by atoms with Gasteiger partial charge in [0, 0.05) is 25.6 Å². The number of hydrogen-bond donors (Lipinski definition) is 1. The van der Waals surface area contributed by atoms with E-state index in [0.717, 1.165) is 17.0 Å². The predicted molar refractivity (Wildman–Crippen MR) is 113 cm³/mol. The van der Waals surface area contributed by atoms with E-state index < -0.39 is 10.0 Å². The van der Waals surface area contributed by atoms with Gasteiger partial charge < -0.3 is 4.74 Å². The smallest absolute Gasteiger partial charge is 0.277 e. The van der Waals surface area contributed by atoms with Gasteiger partial charge >= 0.3 is 0 Å². The molecule has 30 heavy (non-hydrogen) atoms. The third kappa shape index (κ3) is 3.04. The van der Waals surface area contributed by atoms with Gasteiger partial charge in [-0.2, -0.15) is 4.31 Å². The van der Waals surface area contributed by atoms with E-state index in [1.807, 2.05) is 30.3 Å². The van der Waals surface area contributed by atoms with Crippen molar-refractivity contribution in [2.24, 2.45) is 0 Å². The van der Waals surface area contributed by atoms with Crippen molar-refractivity contribution < 1.29 is 13.2 Å². The second-order valence-electron chi connectivity index (χ2n) is 6.95. The molecule has 0 unspecified atom stereocenters. The van der Waals surface area contributed by atoms with Crippen LogP contribution in [0.15, 0.2) is 56.8 Å². The SMILES string of the molecule is COc1ccc(-c2cc3nc4c(c(=O)n3[nH]2)CN(S(=O)(=O)c2cccs2)CC4)cc1. The van der Waals surface area contributed by atoms with Gasteiger partial charge in [0.05, 0.1) is 24.1 Å². The molecule has 10 heteroatoms. The van der Waals surface area contributed by atoms with Gasteiger partial charge in [-0.15, -0.1) is 11.3 Å². The number of hydrogen-bond acceptors (Lipinski definition) is 6. The van der Waals surface area contributed by atoms with Crippen molar-refractivity contribution in [3.63, 3.8) is 0 Å². The van der Waals surface area contributed by atoms with Crippen LogP contribution in [0.4, 0.5) is 0 Å². The molecule has 0 atom stereocenters. The average Bonchev–Trinajstić information content (AvgIpc) is 3.44. The zero-order valence-corrected chi connectivity index (χ0v) is 17.7. The standard InChI is InChI=1S/C20H18N4O4S2/c1-28-14-6-4-13(5-7-14)17-11-18-21-16-8-9-23(12-15(16)20(25)24(18)22-17)30(26,27)19-3-2-10-29-19/h2-7,10-11,22H,8-9,12H2,1H3. The van der Waals surface area contributed by atoms with Crippen LogP contribution in [0.5, 0.6) is 5.75 Å². The van der Waals surface area contributed by atoms with Crippen LogP contribution in [0.1, 0.15) is 11.3 Å². The lowest BCUT2D eigenvalue weighted by Crippen LogP contribution is -2.40. The number of H-pyrrole nitrogens is 1. The van der Waals surface area contributed by atoms with Crippen LogP contribution in [-0.2, 0) is 23.0 Å². The first kappa shape index (κ1) is 19.0. The normalized spacial score (nSPS) is 14.7. The van der Waals surface area contributed by atoms with Gasteiger partial charge in [0.2, 0.25) is 0 Å². The van der Waals surface area contributed by atoms with Crippen LogP contribution < -0.4 is 10.3 Å². The maximum absolute atomic E-state index is 13.1. The second-order valence-corrected chi connectivity index (χ2v) is 10.1. The number of rotatable bonds is 4. The molecule has 3 aromatic heterocycles. The first-order valence-electron chi connectivity index (χ1n) is 9.29. The molecule has 8 nitrogen and oxygen atoms in total. The summed E-state index contributed by atoms with van der Waals surface area (Å²) in [6, 6.07) is 12.6. The topological polar surface area (TPSA) is 96.8 Å². The lowest BCUT2D eigenvalue weighted by atomic mass is 10.1. The van der Waals surface area contributed by atoms with E-state index in [4.69, 9.17) is 4.74 Å². The summed E-state index contributed by atoms with van der Waals surface area (Å²) in [5, 5.41) is 4.81. The number of nitrogens with one attached hydrogen (secondary N) is 1. The quantitative estimate of drug-likeness (QED) is 0.524. The van der Waals surface area contributed by atoms with Gasteiger partial charge in [-0.3, -0.25) is 9.89 Å². The molecule has 0 aliphatic carbocycles. The molecule has 4 heterocycles. The molecule has 0 fully saturated rings. The maximum Gasteiger partial charge on any atom is 0.277 e. The summed E-state index contributed by atoms with van der Waals surface area (Å²) in [5.41, 5.74) is 2.92. The van der Waals surface area contributed by atoms with Crippen molar-refractivity contribution in [2.75, 3.05) is 13.7 Å². The minimum Gasteiger partial charge on any atom is -0.497 e. The van der Waals surface area contributed by atoms with Crippen LogP contribution in [0.3, 0.4) is 0 Å². The van der Waals surface area contributed by atoms with Crippen molar-refractivity contribution >= 4 is 27.0 Å². The Labute approximate surface area is 176 Å². The van der Waals surface area contributed by atoms with E-state index in [0.29, 0.717) is 29.9 Å². The van der Waals surface area contributed by atoms with Gasteiger partial charge in [0.25, 0.3) is 15.6 Å². The summed E-state index contributed by atoms with van der Waals surface area (Å²) in [4.78, 5) is 17.8. The predicted octanol–water partition coefficient (Wildman–Crippen LogP) is 2.51. The van der Waals surface area contributed by atoms with Crippen LogP contribution in [-0.4, -0.2) is 41.0 Å². The Balaban J connectivity index is 1.54. The number of aromatic amines is 1. The molecule has 154 valence electrons. The molecule has 0 saturated carbocycles. The van der Waals surface area contributed by atoms with Crippen molar-refractivity contribution in [3.8, 4) is 17.0 Å². The Bertz CT molecular complexity index is 1390. The van der Waals surface area contributed by atoms with Crippen LogP contribution in [0.2, 0.25) is 0 Å². The van der Waals surface area contributed by atoms with E-state index in [1.165, 1.54) is 20.2 Å². The van der Waals surface area contributed by atoms with Crippen LogP contribution in [0, 0.1) is 0 Å². The highest BCUT2D eigenvalue weighted by molar-refractivity contribution is 7.91. The van der Waals surface area contributed by atoms with Gasteiger partial charge in [-0.05, 0) is 41.3 Å². The summed E-state index contributed by atoms with van der Waals surface area (Å²) < 4.78 is 33.9. The number of ether oxygens (including phenoxy) is 1. The van der Waals surface area contributed by atoms with E-state index >= 15 is 0 Å². The fourth-order valence-corrected chi connectivity index (χ4v) is 6.17. The molecular weight excluding hydrogens is 424 g/mol. The Morgan fingerprint density at radius 3 is 2.70 bits per heavy atom. The number of thiophene rings is 1. The minimum absolute atomic E-state index is 0.0151. The summed E-state index contributed by atoms with van der Waals surface area (Å²) in [6.45, 7) is 0.312. The van der Waals surface area contributed by atoms with Crippen LogP contribution in [0.25, 0.3) is 16.9 Å². The average molecular weight is 443 g/mol. The van der Waals surface area contributed by atoms with Crippen molar-refractivity contribution in [3.05, 3.63) is 69.5 Å². The Morgan fingerprint density at radius 2 is 2.00 bits per heavy atom. The van der Waals surface area contributed by atoms with Crippen molar-refractivity contribution in [1.82, 2.24) is 18.9 Å². The molecule has 1 aliphatic rings. The van der Waals surface area contributed by atoms with Crippen LogP contribution >= 0.6 is 11.3 Å². The molecule has 0 spiro atoms. The molecule has 0 saturated heterocycles. The van der Waals surface area contributed by atoms with E-state index in [9.17, 15) is 13.2 Å². The molecular formula is C20H18N4O4S2. The van der Waals surface area contributed by atoms with Crippen molar-refractivity contribution in [2.45, 2.75) is 17.2 Å². The fraction of sp³-hybridized carbons (Fsp3) is 0.200. The molecule has 4 aromatic rings.